The highest BCUT2D eigenvalue weighted by Gasteiger charge is 2.57. The molecule has 2 saturated heterocycles. The lowest BCUT2D eigenvalue weighted by Gasteiger charge is -2.40. The smallest absolute Gasteiger partial charge is 0.311 e. The zero-order valence-corrected chi connectivity index (χ0v) is 16.2. The number of amides is 1. The number of likely N-dealkylation sites (tertiary alicyclic amines) is 2. The molecular formula is C22H30N2O3. The van der Waals surface area contributed by atoms with Crippen molar-refractivity contribution in [2.24, 2.45) is 16.7 Å². The number of hydrogen-bond acceptors (Lipinski definition) is 3. The van der Waals surface area contributed by atoms with Gasteiger partial charge in [0.15, 0.2) is 0 Å². The number of carbonyl (C=O) groups excluding carboxylic acids is 1. The second kappa shape index (κ2) is 6.93. The highest BCUT2D eigenvalue weighted by Crippen LogP contribution is 2.50. The minimum Gasteiger partial charge on any atom is -0.481 e. The Labute approximate surface area is 161 Å². The normalized spacial score (nSPS) is 30.3. The van der Waals surface area contributed by atoms with E-state index >= 15 is 0 Å². The van der Waals surface area contributed by atoms with E-state index in [1.54, 1.807) is 0 Å². The molecule has 4 rings (SSSR count). The number of fused-ring (bicyclic) bond motifs is 1. The van der Waals surface area contributed by atoms with E-state index in [0.717, 1.165) is 51.7 Å². The summed E-state index contributed by atoms with van der Waals surface area (Å²) in [6, 6.07) is 10.5. The average molecular weight is 370 g/mol. The maximum Gasteiger partial charge on any atom is 0.311 e. The van der Waals surface area contributed by atoms with E-state index in [2.05, 4.69) is 36.1 Å². The van der Waals surface area contributed by atoms with E-state index in [-0.39, 0.29) is 17.2 Å². The van der Waals surface area contributed by atoms with Crippen LogP contribution in [0.2, 0.25) is 0 Å². The van der Waals surface area contributed by atoms with Gasteiger partial charge >= 0.3 is 5.97 Å². The number of piperidine rings is 1. The van der Waals surface area contributed by atoms with Gasteiger partial charge in [-0.05, 0) is 50.3 Å². The molecule has 0 aromatic heterocycles. The van der Waals surface area contributed by atoms with Crippen molar-refractivity contribution in [3.05, 3.63) is 35.9 Å². The van der Waals surface area contributed by atoms with Crippen molar-refractivity contribution in [3.8, 4) is 0 Å². The molecule has 2 aliphatic heterocycles. The zero-order valence-electron chi connectivity index (χ0n) is 16.2. The fourth-order valence-corrected chi connectivity index (χ4v) is 5.44. The maximum absolute atomic E-state index is 13.3. The predicted molar refractivity (Wildman–Crippen MR) is 103 cm³/mol. The molecule has 0 bridgehead atoms. The number of benzene rings is 1. The Hall–Kier alpha value is -1.88. The quantitative estimate of drug-likeness (QED) is 0.885. The van der Waals surface area contributed by atoms with Crippen LogP contribution in [0.25, 0.3) is 0 Å². The van der Waals surface area contributed by atoms with Gasteiger partial charge in [0, 0.05) is 25.0 Å². The molecule has 0 radical (unpaired) electrons. The summed E-state index contributed by atoms with van der Waals surface area (Å²) >= 11 is 0. The van der Waals surface area contributed by atoms with Crippen molar-refractivity contribution in [3.63, 3.8) is 0 Å². The van der Waals surface area contributed by atoms with Crippen LogP contribution in [0.5, 0.6) is 0 Å². The van der Waals surface area contributed by atoms with Crippen molar-refractivity contribution < 1.29 is 14.7 Å². The first-order valence-electron chi connectivity index (χ1n) is 10.2. The SMILES string of the molecule is CC1(C(=O)N2C[C@@H]3CCC[C@@]3(C(=O)O)C2)CCN(Cc2ccccc2)CC1. The molecule has 1 aromatic rings. The molecule has 1 aliphatic carbocycles. The molecule has 5 heteroatoms. The van der Waals surface area contributed by atoms with Crippen molar-refractivity contribution >= 4 is 11.9 Å². The van der Waals surface area contributed by atoms with Gasteiger partial charge in [0.1, 0.15) is 0 Å². The molecule has 1 saturated carbocycles. The van der Waals surface area contributed by atoms with Crippen molar-refractivity contribution in [1.29, 1.82) is 0 Å². The van der Waals surface area contributed by atoms with Crippen LogP contribution in [-0.4, -0.2) is 53.0 Å². The molecule has 1 amide bonds. The zero-order chi connectivity index (χ0) is 19.1. The van der Waals surface area contributed by atoms with Crippen LogP contribution >= 0.6 is 0 Å². The number of nitrogens with zero attached hydrogens (tertiary/aromatic N) is 2. The third-order valence-electron chi connectivity index (χ3n) is 7.31. The molecule has 0 unspecified atom stereocenters. The van der Waals surface area contributed by atoms with Crippen LogP contribution in [0.4, 0.5) is 0 Å². The summed E-state index contributed by atoms with van der Waals surface area (Å²) in [6.07, 6.45) is 4.33. The monoisotopic (exact) mass is 370 g/mol. The van der Waals surface area contributed by atoms with Crippen LogP contribution in [0, 0.1) is 16.7 Å². The first-order valence-corrected chi connectivity index (χ1v) is 10.2. The lowest BCUT2D eigenvalue weighted by molar-refractivity contribution is -0.150. The molecule has 3 fully saturated rings. The number of aliphatic carboxylic acids is 1. The Morgan fingerprint density at radius 2 is 1.85 bits per heavy atom. The molecular weight excluding hydrogens is 340 g/mol. The molecule has 5 nitrogen and oxygen atoms in total. The van der Waals surface area contributed by atoms with Gasteiger partial charge in [0.05, 0.1) is 5.41 Å². The van der Waals surface area contributed by atoms with Gasteiger partial charge in [-0.3, -0.25) is 14.5 Å². The summed E-state index contributed by atoms with van der Waals surface area (Å²) in [7, 11) is 0. The van der Waals surface area contributed by atoms with Crippen LogP contribution < -0.4 is 0 Å². The van der Waals surface area contributed by atoms with Gasteiger partial charge in [-0.1, -0.05) is 43.7 Å². The Balaban J connectivity index is 1.38. The highest BCUT2D eigenvalue weighted by molar-refractivity contribution is 5.85. The molecule has 2 heterocycles. The van der Waals surface area contributed by atoms with E-state index in [9.17, 15) is 14.7 Å². The summed E-state index contributed by atoms with van der Waals surface area (Å²) in [5.41, 5.74) is 0.272. The van der Waals surface area contributed by atoms with Crippen LogP contribution in [0.15, 0.2) is 30.3 Å². The largest absolute Gasteiger partial charge is 0.481 e. The third kappa shape index (κ3) is 3.27. The molecule has 27 heavy (non-hydrogen) atoms. The summed E-state index contributed by atoms with van der Waals surface area (Å²) in [5, 5.41) is 9.78. The van der Waals surface area contributed by atoms with Gasteiger partial charge < -0.3 is 10.0 Å². The Morgan fingerprint density at radius 3 is 2.48 bits per heavy atom. The Kier molecular flexibility index (Phi) is 4.75. The van der Waals surface area contributed by atoms with Crippen LogP contribution in [0.3, 0.4) is 0 Å². The summed E-state index contributed by atoms with van der Waals surface area (Å²) < 4.78 is 0. The minimum atomic E-state index is -0.705. The van der Waals surface area contributed by atoms with E-state index < -0.39 is 11.4 Å². The molecule has 1 aromatic carbocycles. The topological polar surface area (TPSA) is 60.9 Å². The van der Waals surface area contributed by atoms with Crippen LogP contribution in [0.1, 0.15) is 44.6 Å². The van der Waals surface area contributed by atoms with Gasteiger partial charge in [-0.25, -0.2) is 0 Å². The summed E-state index contributed by atoms with van der Waals surface area (Å²) in [6.45, 7) is 5.89. The van der Waals surface area contributed by atoms with E-state index in [4.69, 9.17) is 0 Å². The second-order valence-corrected chi connectivity index (χ2v) is 9.06. The molecule has 146 valence electrons. The van der Waals surface area contributed by atoms with Gasteiger partial charge in [-0.15, -0.1) is 0 Å². The third-order valence-corrected chi connectivity index (χ3v) is 7.31. The summed E-state index contributed by atoms with van der Waals surface area (Å²) in [5.74, 6) is -0.388. The first-order chi connectivity index (χ1) is 12.9. The second-order valence-electron chi connectivity index (χ2n) is 9.06. The molecule has 1 N–H and O–H groups in total. The van der Waals surface area contributed by atoms with Crippen molar-refractivity contribution in [1.82, 2.24) is 9.80 Å². The molecule has 2 atom stereocenters. The van der Waals surface area contributed by atoms with E-state index in [1.165, 1.54) is 5.56 Å². The van der Waals surface area contributed by atoms with Gasteiger partial charge in [-0.2, -0.15) is 0 Å². The molecule has 3 aliphatic rings. The number of hydrogen-bond donors (Lipinski definition) is 1. The first kappa shape index (κ1) is 18.5. The lowest BCUT2D eigenvalue weighted by Crippen LogP contribution is -2.49. The Morgan fingerprint density at radius 1 is 1.15 bits per heavy atom. The number of carboxylic acids is 1. The predicted octanol–water partition coefficient (Wildman–Crippen LogP) is 3.00. The number of rotatable bonds is 4. The van der Waals surface area contributed by atoms with Crippen molar-refractivity contribution in [2.45, 2.75) is 45.6 Å². The van der Waals surface area contributed by atoms with E-state index in [1.807, 2.05) is 11.0 Å². The van der Waals surface area contributed by atoms with Crippen molar-refractivity contribution in [2.75, 3.05) is 26.2 Å². The summed E-state index contributed by atoms with van der Waals surface area (Å²) in [4.78, 5) is 29.5. The maximum atomic E-state index is 13.3. The minimum absolute atomic E-state index is 0.140. The Bertz CT molecular complexity index is 712. The molecule has 0 spiro atoms. The average Bonchev–Trinajstić information content (AvgIpc) is 3.22. The fourth-order valence-electron chi connectivity index (χ4n) is 5.44. The lowest BCUT2D eigenvalue weighted by atomic mass is 9.78. The fraction of sp³-hybridized carbons (Fsp3) is 0.636. The highest BCUT2D eigenvalue weighted by atomic mass is 16.4. The van der Waals surface area contributed by atoms with Gasteiger partial charge in [0.2, 0.25) is 5.91 Å². The van der Waals surface area contributed by atoms with Crippen LogP contribution in [-0.2, 0) is 16.1 Å². The number of carbonyl (C=O) groups is 2. The number of carboxylic acid groups (broad SMARTS) is 1. The van der Waals surface area contributed by atoms with E-state index in [0.29, 0.717) is 13.1 Å². The van der Waals surface area contributed by atoms with Gasteiger partial charge in [0.25, 0.3) is 0 Å². The standard InChI is InChI=1S/C22H30N2O3/c1-21(10-12-23(13-11-21)14-17-6-3-2-4-7-17)19(25)24-15-18-8-5-9-22(18,16-24)20(26)27/h2-4,6-7,18H,5,8-16H2,1H3,(H,26,27)/t18-,22+/m0/s1.